The van der Waals surface area contributed by atoms with E-state index in [2.05, 4.69) is 38.8 Å². The lowest BCUT2D eigenvalue weighted by Crippen LogP contribution is -2.63. The first kappa shape index (κ1) is 39.5. The van der Waals surface area contributed by atoms with Crippen LogP contribution in [-0.4, -0.2) is 90.3 Å². The average molecular weight is 725 g/mol. The van der Waals surface area contributed by atoms with Crippen LogP contribution in [0.5, 0.6) is 0 Å². The number of hydrogen-bond donors (Lipinski definition) is 4. The summed E-state index contributed by atoms with van der Waals surface area (Å²) in [4.78, 5) is 73.3. The van der Waals surface area contributed by atoms with Crippen molar-refractivity contribution >= 4 is 39.4 Å². The van der Waals surface area contributed by atoms with Crippen LogP contribution >= 0.6 is 0 Å². The Bertz CT molecular complexity index is 1660. The van der Waals surface area contributed by atoms with Crippen LogP contribution in [0.4, 0.5) is 4.79 Å². The third-order valence-corrected chi connectivity index (χ3v) is 12.4. The number of carbonyl (C=O) groups is 5. The third-order valence-electron chi connectivity index (χ3n) is 10.6. The van der Waals surface area contributed by atoms with Gasteiger partial charge < -0.3 is 26.2 Å². The van der Waals surface area contributed by atoms with Gasteiger partial charge in [-0.3, -0.25) is 19.2 Å². The zero-order valence-corrected chi connectivity index (χ0v) is 31.1. The molecule has 3 aliphatic rings. The summed E-state index contributed by atoms with van der Waals surface area (Å²) in [5.41, 5.74) is -2.14. The molecule has 2 heterocycles. The van der Waals surface area contributed by atoms with Crippen LogP contribution in [0.1, 0.15) is 79.6 Å². The highest BCUT2D eigenvalue weighted by Crippen LogP contribution is 2.65. The van der Waals surface area contributed by atoms with Crippen molar-refractivity contribution in [3.8, 4) is 12.3 Å². The van der Waals surface area contributed by atoms with Gasteiger partial charge in [-0.1, -0.05) is 66.0 Å². The summed E-state index contributed by atoms with van der Waals surface area (Å²) >= 11 is 0. The molecule has 1 aromatic heterocycles. The largest absolute Gasteiger partial charge is 0.346 e. The van der Waals surface area contributed by atoms with Crippen LogP contribution in [-0.2, 0) is 29.0 Å². The molecule has 2 saturated carbocycles. The Hall–Kier alpha value is -4.25. The van der Waals surface area contributed by atoms with Gasteiger partial charge in [0.05, 0.1) is 17.3 Å². The predicted molar refractivity (Wildman–Crippen MR) is 191 cm³/mol. The van der Waals surface area contributed by atoms with Crippen molar-refractivity contribution in [3.63, 3.8) is 0 Å². The van der Waals surface area contributed by atoms with Crippen molar-refractivity contribution in [3.05, 3.63) is 37.1 Å². The van der Waals surface area contributed by atoms with Crippen molar-refractivity contribution in [1.29, 1.82) is 0 Å². The third kappa shape index (κ3) is 8.98. The van der Waals surface area contributed by atoms with Gasteiger partial charge in [0, 0.05) is 25.7 Å². The second kappa shape index (κ2) is 15.6. The zero-order valence-electron chi connectivity index (χ0n) is 30.3. The summed E-state index contributed by atoms with van der Waals surface area (Å²) in [5, 5.41) is 10.9. The second-order valence-corrected chi connectivity index (χ2v) is 17.7. The number of rotatable bonds is 14. The smallest absolute Gasteiger partial charge is 0.315 e. The van der Waals surface area contributed by atoms with Gasteiger partial charge in [0.1, 0.15) is 12.1 Å². The SMILES string of the molecule is C#CCCC(NC(=O)[C@@H]1C2[C@H](CN1C(=O)[C@@H](NC(=O)NC1(CS(=O)(=O)c3ccccn3)CCCCC1)C(C)(C)C)C2(C)C)C(=O)C(=O)NCC=C. The van der Waals surface area contributed by atoms with Crippen LogP contribution in [0, 0.1) is 35.0 Å². The van der Waals surface area contributed by atoms with E-state index < -0.39 is 68.5 Å². The Morgan fingerprint density at radius 2 is 1.80 bits per heavy atom. The van der Waals surface area contributed by atoms with Gasteiger partial charge in [0.2, 0.25) is 17.6 Å². The van der Waals surface area contributed by atoms with Gasteiger partial charge in [0.15, 0.2) is 14.9 Å². The van der Waals surface area contributed by atoms with Crippen molar-refractivity contribution in [2.24, 2.45) is 22.7 Å². The van der Waals surface area contributed by atoms with E-state index in [9.17, 15) is 32.4 Å². The molecular weight excluding hydrogens is 673 g/mol. The monoisotopic (exact) mass is 724 g/mol. The maximum absolute atomic E-state index is 14.5. The molecule has 5 amide bonds. The molecule has 1 aliphatic heterocycles. The molecule has 0 radical (unpaired) electrons. The van der Waals surface area contributed by atoms with E-state index in [4.69, 9.17) is 6.42 Å². The minimum absolute atomic E-state index is 0.00436. The molecule has 278 valence electrons. The maximum Gasteiger partial charge on any atom is 0.315 e. The number of nitrogens with zero attached hydrogens (tertiary/aromatic N) is 2. The lowest BCUT2D eigenvalue weighted by molar-refractivity contribution is -0.145. The number of terminal acetylenes is 1. The molecule has 51 heavy (non-hydrogen) atoms. The Kier molecular flexibility index (Phi) is 12.1. The molecular formula is C37H52N6O7S. The quantitative estimate of drug-likeness (QED) is 0.128. The fourth-order valence-electron chi connectivity index (χ4n) is 7.70. The Morgan fingerprint density at radius 1 is 1.12 bits per heavy atom. The number of pyridine rings is 1. The highest BCUT2D eigenvalue weighted by Gasteiger charge is 2.70. The van der Waals surface area contributed by atoms with Gasteiger partial charge >= 0.3 is 6.03 Å². The first-order valence-electron chi connectivity index (χ1n) is 17.6. The number of amides is 5. The van der Waals surface area contributed by atoms with Crippen LogP contribution in [0.15, 0.2) is 42.1 Å². The number of carbonyl (C=O) groups excluding carboxylic acids is 5. The Balaban J connectivity index is 1.56. The molecule has 4 rings (SSSR count). The van der Waals surface area contributed by atoms with E-state index in [1.807, 2.05) is 13.8 Å². The molecule has 5 atom stereocenters. The number of fused-ring (bicyclic) bond motifs is 1. The predicted octanol–water partition coefficient (Wildman–Crippen LogP) is 2.52. The minimum atomic E-state index is -3.85. The molecule has 1 aromatic rings. The number of piperidine rings is 1. The van der Waals surface area contributed by atoms with E-state index >= 15 is 0 Å². The van der Waals surface area contributed by atoms with Crippen molar-refractivity contribution in [2.45, 2.75) is 108 Å². The highest BCUT2D eigenvalue weighted by molar-refractivity contribution is 7.91. The second-order valence-electron chi connectivity index (χ2n) is 15.7. The number of Topliss-reactive ketones (excluding diaryl/α,β-unsaturated/α-hetero) is 1. The Morgan fingerprint density at radius 3 is 2.39 bits per heavy atom. The number of ketones is 1. The van der Waals surface area contributed by atoms with Crippen molar-refractivity contribution in [2.75, 3.05) is 18.8 Å². The summed E-state index contributed by atoms with van der Waals surface area (Å²) in [6.07, 6.45) is 11.7. The molecule has 1 saturated heterocycles. The van der Waals surface area contributed by atoms with Gasteiger partial charge in [-0.25, -0.2) is 18.2 Å². The van der Waals surface area contributed by atoms with E-state index in [0.717, 1.165) is 19.3 Å². The molecule has 14 heteroatoms. The molecule has 0 spiro atoms. The first-order chi connectivity index (χ1) is 23.9. The first-order valence-corrected chi connectivity index (χ1v) is 19.2. The van der Waals surface area contributed by atoms with E-state index in [1.165, 1.54) is 23.2 Å². The summed E-state index contributed by atoms with van der Waals surface area (Å²) in [6, 6.07) is 0.721. The number of nitrogens with one attached hydrogen (secondary N) is 4. The number of aromatic nitrogens is 1. The fourth-order valence-corrected chi connectivity index (χ4v) is 9.45. The highest BCUT2D eigenvalue weighted by atomic mass is 32.2. The number of hydrogen-bond acceptors (Lipinski definition) is 8. The molecule has 0 bridgehead atoms. The summed E-state index contributed by atoms with van der Waals surface area (Å²) in [5.74, 6) is -0.893. The van der Waals surface area contributed by atoms with Gasteiger partial charge in [-0.05, 0) is 54.1 Å². The molecule has 4 N–H and O–H groups in total. The van der Waals surface area contributed by atoms with Crippen molar-refractivity contribution < 1.29 is 32.4 Å². The van der Waals surface area contributed by atoms with Crippen molar-refractivity contribution in [1.82, 2.24) is 31.2 Å². The number of likely N-dealkylation sites (tertiary alicyclic amines) is 1. The Labute approximate surface area is 301 Å². The lowest BCUT2D eigenvalue weighted by atomic mass is 9.83. The summed E-state index contributed by atoms with van der Waals surface area (Å²) in [6.45, 7) is 13.3. The molecule has 2 unspecified atom stereocenters. The van der Waals surface area contributed by atoms with Gasteiger partial charge in [-0.2, -0.15) is 0 Å². The zero-order chi connectivity index (χ0) is 37.8. The van der Waals surface area contributed by atoms with Crippen LogP contribution in [0.25, 0.3) is 0 Å². The van der Waals surface area contributed by atoms with E-state index in [0.29, 0.717) is 12.8 Å². The minimum Gasteiger partial charge on any atom is -0.346 e. The molecule has 3 fully saturated rings. The van der Waals surface area contributed by atoms with E-state index in [1.54, 1.807) is 32.9 Å². The van der Waals surface area contributed by atoms with E-state index in [-0.39, 0.29) is 54.0 Å². The summed E-state index contributed by atoms with van der Waals surface area (Å²) < 4.78 is 26.8. The van der Waals surface area contributed by atoms with Crippen LogP contribution in [0.2, 0.25) is 0 Å². The van der Waals surface area contributed by atoms with Crippen LogP contribution < -0.4 is 21.3 Å². The average Bonchev–Trinajstić information content (AvgIpc) is 3.38. The van der Waals surface area contributed by atoms with Crippen LogP contribution in [0.3, 0.4) is 0 Å². The summed E-state index contributed by atoms with van der Waals surface area (Å²) in [7, 11) is -3.85. The number of urea groups is 1. The molecule has 0 aromatic carbocycles. The maximum atomic E-state index is 14.5. The van der Waals surface area contributed by atoms with Gasteiger partial charge in [0.25, 0.3) is 5.91 Å². The topological polar surface area (TPSA) is 184 Å². The standard InChI is InChI=1S/C37H52N6O7S/c1-8-10-16-25(29(44)32(46)39-20-9-2)40-31(45)28-27-24(36(27,6)7)22-43(28)33(47)30(35(3,4)5)41-34(48)42-37(18-13-11-14-19-37)23-51(49,50)26-17-12-15-21-38-26/h1,9,12,15,17,21,24-25,27-28,30H,2,10-11,13-14,16,18-20,22-23H2,3-7H3,(H,39,46)(H,40,45)(H2,41,42,48)/t24-,25?,27?,28-,30+/m0/s1. The fraction of sp³-hybridized carbons (Fsp3) is 0.622. The molecule has 13 nitrogen and oxygen atoms in total. The number of sulfone groups is 1. The lowest BCUT2D eigenvalue weighted by Gasteiger charge is -2.40. The van der Waals surface area contributed by atoms with Gasteiger partial charge in [-0.15, -0.1) is 18.9 Å². The molecule has 2 aliphatic carbocycles. The normalized spacial score (nSPS) is 23.0.